The first-order chi connectivity index (χ1) is 10.0. The Bertz CT molecular complexity index is 652. The van der Waals surface area contributed by atoms with Gasteiger partial charge in [-0.3, -0.25) is 4.79 Å². The Morgan fingerprint density at radius 2 is 2.00 bits per heavy atom. The molecular weight excluding hydrogens is 288 g/mol. The Balaban J connectivity index is 2.34. The quantitative estimate of drug-likeness (QED) is 0.906. The molecule has 2 aromatic rings. The summed E-state index contributed by atoms with van der Waals surface area (Å²) in [4.78, 5) is 11.6. The van der Waals surface area contributed by atoms with Gasteiger partial charge in [-0.05, 0) is 42.2 Å². The van der Waals surface area contributed by atoms with E-state index in [0.29, 0.717) is 22.8 Å². The van der Waals surface area contributed by atoms with Gasteiger partial charge in [-0.2, -0.15) is 0 Å². The SMILES string of the molecule is COc1ccc(C(Cc2ccccc2C)C(=O)O)cc1Cl. The molecule has 0 aliphatic carbocycles. The van der Waals surface area contributed by atoms with Gasteiger partial charge in [0.2, 0.25) is 0 Å². The van der Waals surface area contributed by atoms with Crippen molar-refractivity contribution >= 4 is 17.6 Å². The third-order valence-electron chi connectivity index (χ3n) is 3.56. The predicted molar refractivity (Wildman–Crippen MR) is 83.3 cm³/mol. The lowest BCUT2D eigenvalue weighted by Gasteiger charge is -2.15. The molecule has 2 rings (SSSR count). The van der Waals surface area contributed by atoms with Crippen LogP contribution in [-0.4, -0.2) is 18.2 Å². The Morgan fingerprint density at radius 1 is 1.29 bits per heavy atom. The van der Waals surface area contributed by atoms with Crippen molar-refractivity contribution in [3.05, 3.63) is 64.2 Å². The number of rotatable bonds is 5. The van der Waals surface area contributed by atoms with Crippen LogP contribution < -0.4 is 4.74 Å². The number of aryl methyl sites for hydroxylation is 1. The molecule has 0 spiro atoms. The molecule has 0 aliphatic rings. The van der Waals surface area contributed by atoms with Gasteiger partial charge in [-0.15, -0.1) is 0 Å². The van der Waals surface area contributed by atoms with Crippen LogP contribution in [0.2, 0.25) is 5.02 Å². The van der Waals surface area contributed by atoms with E-state index in [2.05, 4.69) is 0 Å². The lowest BCUT2D eigenvalue weighted by Crippen LogP contribution is -2.15. The van der Waals surface area contributed by atoms with Gasteiger partial charge in [0, 0.05) is 0 Å². The van der Waals surface area contributed by atoms with Crippen LogP contribution in [0.5, 0.6) is 5.75 Å². The number of aliphatic carboxylic acids is 1. The average Bonchev–Trinajstić information content (AvgIpc) is 2.46. The summed E-state index contributed by atoms with van der Waals surface area (Å²) in [5.41, 5.74) is 2.79. The van der Waals surface area contributed by atoms with Crippen LogP contribution in [0.1, 0.15) is 22.6 Å². The molecule has 1 N–H and O–H groups in total. The minimum Gasteiger partial charge on any atom is -0.495 e. The number of benzene rings is 2. The number of halogens is 1. The van der Waals surface area contributed by atoms with Gasteiger partial charge in [0.05, 0.1) is 18.1 Å². The summed E-state index contributed by atoms with van der Waals surface area (Å²) in [7, 11) is 1.53. The molecular formula is C17H17ClO3. The van der Waals surface area contributed by atoms with Gasteiger partial charge in [0.1, 0.15) is 5.75 Å². The maximum atomic E-state index is 11.6. The van der Waals surface area contributed by atoms with E-state index in [-0.39, 0.29) is 0 Å². The van der Waals surface area contributed by atoms with E-state index < -0.39 is 11.9 Å². The van der Waals surface area contributed by atoms with Crippen LogP contribution in [-0.2, 0) is 11.2 Å². The Morgan fingerprint density at radius 3 is 2.57 bits per heavy atom. The lowest BCUT2D eigenvalue weighted by molar-refractivity contribution is -0.138. The van der Waals surface area contributed by atoms with Crippen molar-refractivity contribution in [3.8, 4) is 5.75 Å². The third-order valence-corrected chi connectivity index (χ3v) is 3.86. The summed E-state index contributed by atoms with van der Waals surface area (Å²) in [5, 5.41) is 9.94. The topological polar surface area (TPSA) is 46.5 Å². The fourth-order valence-electron chi connectivity index (χ4n) is 2.31. The van der Waals surface area contributed by atoms with Gasteiger partial charge < -0.3 is 9.84 Å². The Hall–Kier alpha value is -2.00. The molecule has 3 nitrogen and oxygen atoms in total. The minimum atomic E-state index is -0.862. The monoisotopic (exact) mass is 304 g/mol. The van der Waals surface area contributed by atoms with E-state index in [1.807, 2.05) is 31.2 Å². The first kappa shape index (κ1) is 15.4. The number of ether oxygens (including phenoxy) is 1. The highest BCUT2D eigenvalue weighted by Crippen LogP contribution is 2.30. The van der Waals surface area contributed by atoms with Crippen molar-refractivity contribution in [3.63, 3.8) is 0 Å². The van der Waals surface area contributed by atoms with Gasteiger partial charge in [-0.25, -0.2) is 0 Å². The molecule has 0 amide bonds. The van der Waals surface area contributed by atoms with Gasteiger partial charge in [0.25, 0.3) is 0 Å². The van der Waals surface area contributed by atoms with Crippen LogP contribution in [0.15, 0.2) is 42.5 Å². The van der Waals surface area contributed by atoms with E-state index in [1.54, 1.807) is 18.2 Å². The second-order valence-electron chi connectivity index (χ2n) is 4.92. The van der Waals surface area contributed by atoms with Crippen LogP contribution in [0.3, 0.4) is 0 Å². The summed E-state index contributed by atoms with van der Waals surface area (Å²) < 4.78 is 5.10. The average molecular weight is 305 g/mol. The van der Waals surface area contributed by atoms with Gasteiger partial charge >= 0.3 is 5.97 Å². The molecule has 0 saturated heterocycles. The predicted octanol–water partition coefficient (Wildman–Crippen LogP) is 4.07. The van der Waals surface area contributed by atoms with Crippen molar-refractivity contribution in [1.29, 1.82) is 0 Å². The van der Waals surface area contributed by atoms with E-state index in [1.165, 1.54) is 7.11 Å². The van der Waals surface area contributed by atoms with Crippen LogP contribution in [0, 0.1) is 6.92 Å². The molecule has 0 fully saturated rings. The van der Waals surface area contributed by atoms with E-state index in [0.717, 1.165) is 11.1 Å². The smallest absolute Gasteiger partial charge is 0.311 e. The second kappa shape index (κ2) is 6.64. The number of methoxy groups -OCH3 is 1. The first-order valence-electron chi connectivity index (χ1n) is 6.63. The fourth-order valence-corrected chi connectivity index (χ4v) is 2.57. The standard InChI is InChI=1S/C17H17ClO3/c1-11-5-3-4-6-12(11)9-14(17(19)20)13-7-8-16(21-2)15(18)10-13/h3-8,10,14H,9H2,1-2H3,(H,19,20). The van der Waals surface area contributed by atoms with Gasteiger partial charge in [-0.1, -0.05) is 41.9 Å². The van der Waals surface area contributed by atoms with Crippen molar-refractivity contribution in [2.75, 3.05) is 7.11 Å². The van der Waals surface area contributed by atoms with Crippen molar-refractivity contribution in [1.82, 2.24) is 0 Å². The summed E-state index contributed by atoms with van der Waals surface area (Å²) in [6.07, 6.45) is 0.435. The summed E-state index contributed by atoms with van der Waals surface area (Å²) in [6, 6.07) is 12.9. The van der Waals surface area contributed by atoms with Crippen molar-refractivity contribution in [2.45, 2.75) is 19.3 Å². The molecule has 1 unspecified atom stereocenters. The summed E-state index contributed by atoms with van der Waals surface area (Å²) in [5.74, 6) is -0.950. The number of carboxylic acid groups (broad SMARTS) is 1. The Labute approximate surface area is 129 Å². The maximum Gasteiger partial charge on any atom is 0.311 e. The molecule has 0 saturated carbocycles. The van der Waals surface area contributed by atoms with E-state index >= 15 is 0 Å². The van der Waals surface area contributed by atoms with Crippen LogP contribution in [0.25, 0.3) is 0 Å². The molecule has 2 aromatic carbocycles. The molecule has 21 heavy (non-hydrogen) atoms. The highest BCUT2D eigenvalue weighted by molar-refractivity contribution is 6.32. The highest BCUT2D eigenvalue weighted by Gasteiger charge is 2.22. The molecule has 0 aromatic heterocycles. The number of carbonyl (C=O) groups is 1. The molecule has 0 bridgehead atoms. The third kappa shape index (κ3) is 3.56. The summed E-state index contributed by atoms with van der Waals surface area (Å²) >= 11 is 6.09. The number of hydrogen-bond donors (Lipinski definition) is 1. The van der Waals surface area contributed by atoms with Gasteiger partial charge in [0.15, 0.2) is 0 Å². The number of hydrogen-bond acceptors (Lipinski definition) is 2. The lowest BCUT2D eigenvalue weighted by atomic mass is 9.90. The Kier molecular flexibility index (Phi) is 4.86. The second-order valence-corrected chi connectivity index (χ2v) is 5.32. The molecule has 110 valence electrons. The zero-order valence-corrected chi connectivity index (χ0v) is 12.7. The van der Waals surface area contributed by atoms with E-state index in [9.17, 15) is 9.90 Å². The zero-order chi connectivity index (χ0) is 15.4. The van der Waals surface area contributed by atoms with E-state index in [4.69, 9.17) is 16.3 Å². The normalized spacial score (nSPS) is 12.0. The largest absolute Gasteiger partial charge is 0.495 e. The van der Waals surface area contributed by atoms with Crippen molar-refractivity contribution < 1.29 is 14.6 Å². The zero-order valence-electron chi connectivity index (χ0n) is 12.0. The highest BCUT2D eigenvalue weighted by atomic mass is 35.5. The molecule has 0 heterocycles. The van der Waals surface area contributed by atoms with Crippen LogP contribution >= 0.6 is 11.6 Å². The molecule has 4 heteroatoms. The number of carboxylic acids is 1. The first-order valence-corrected chi connectivity index (χ1v) is 7.01. The minimum absolute atomic E-state index is 0.422. The molecule has 0 aliphatic heterocycles. The van der Waals surface area contributed by atoms with Crippen LogP contribution in [0.4, 0.5) is 0 Å². The molecule has 1 atom stereocenters. The maximum absolute atomic E-state index is 11.6. The van der Waals surface area contributed by atoms with Crippen molar-refractivity contribution in [2.24, 2.45) is 0 Å². The summed E-state index contributed by atoms with van der Waals surface area (Å²) in [6.45, 7) is 1.98. The molecule has 0 radical (unpaired) electrons. The fraction of sp³-hybridized carbons (Fsp3) is 0.235.